The molecule has 0 saturated carbocycles. The SMILES string of the molecule is O=C(CSc1nnnn1-c1ccc(Cl)cc1)Nc1ncc(Cc2ccc(Cl)c(Cl)c2)s1. The van der Waals surface area contributed by atoms with Crippen LogP contribution in [0.3, 0.4) is 0 Å². The number of benzene rings is 2. The molecule has 0 bridgehead atoms. The minimum atomic E-state index is -0.203. The molecule has 1 amide bonds. The predicted molar refractivity (Wildman–Crippen MR) is 125 cm³/mol. The van der Waals surface area contributed by atoms with Crippen molar-refractivity contribution < 1.29 is 4.79 Å². The minimum Gasteiger partial charge on any atom is -0.301 e. The maximum atomic E-state index is 12.4. The molecule has 1 N–H and O–H groups in total. The molecule has 12 heteroatoms. The Morgan fingerprint density at radius 3 is 2.68 bits per heavy atom. The summed E-state index contributed by atoms with van der Waals surface area (Å²) in [6.07, 6.45) is 2.38. The van der Waals surface area contributed by atoms with Crippen LogP contribution in [0.1, 0.15) is 10.4 Å². The number of tetrazole rings is 1. The number of carbonyl (C=O) groups is 1. The van der Waals surface area contributed by atoms with Gasteiger partial charge in [0.1, 0.15) is 0 Å². The van der Waals surface area contributed by atoms with Gasteiger partial charge in [0.05, 0.1) is 21.5 Å². The summed E-state index contributed by atoms with van der Waals surface area (Å²) in [6, 6.07) is 12.6. The van der Waals surface area contributed by atoms with Crippen LogP contribution in [-0.2, 0) is 11.2 Å². The molecule has 7 nitrogen and oxygen atoms in total. The van der Waals surface area contributed by atoms with E-state index in [1.807, 2.05) is 12.1 Å². The normalized spacial score (nSPS) is 10.9. The van der Waals surface area contributed by atoms with E-state index in [0.29, 0.717) is 31.8 Å². The Labute approximate surface area is 200 Å². The average molecular weight is 512 g/mol. The summed E-state index contributed by atoms with van der Waals surface area (Å²) in [7, 11) is 0. The topological polar surface area (TPSA) is 85.6 Å². The van der Waals surface area contributed by atoms with E-state index in [-0.39, 0.29) is 11.7 Å². The summed E-state index contributed by atoms with van der Waals surface area (Å²) in [5, 5.41) is 17.1. The molecule has 2 heterocycles. The minimum absolute atomic E-state index is 0.135. The Kier molecular flexibility index (Phi) is 7.09. The van der Waals surface area contributed by atoms with Crippen molar-refractivity contribution in [2.45, 2.75) is 11.6 Å². The molecule has 0 aliphatic heterocycles. The van der Waals surface area contributed by atoms with E-state index in [4.69, 9.17) is 34.8 Å². The van der Waals surface area contributed by atoms with Crippen molar-refractivity contribution in [2.24, 2.45) is 0 Å². The fourth-order valence-electron chi connectivity index (χ4n) is 2.60. The van der Waals surface area contributed by atoms with Gasteiger partial charge in [-0.2, -0.15) is 4.68 Å². The molecular weight excluding hydrogens is 499 g/mol. The summed E-state index contributed by atoms with van der Waals surface area (Å²) in [4.78, 5) is 17.6. The lowest BCUT2D eigenvalue weighted by Gasteiger charge is -2.04. The van der Waals surface area contributed by atoms with E-state index >= 15 is 0 Å². The molecular formula is C19H13Cl3N6OS2. The highest BCUT2D eigenvalue weighted by Gasteiger charge is 2.13. The molecule has 4 aromatic rings. The third kappa shape index (κ3) is 5.75. The van der Waals surface area contributed by atoms with E-state index < -0.39 is 0 Å². The van der Waals surface area contributed by atoms with Crippen molar-refractivity contribution in [3.63, 3.8) is 0 Å². The van der Waals surface area contributed by atoms with Gasteiger partial charge in [-0.1, -0.05) is 52.6 Å². The fraction of sp³-hybridized carbons (Fsp3) is 0.105. The van der Waals surface area contributed by atoms with Crippen LogP contribution in [-0.4, -0.2) is 36.9 Å². The summed E-state index contributed by atoms with van der Waals surface area (Å²) < 4.78 is 1.55. The third-order valence-corrected chi connectivity index (χ3v) is 6.83. The van der Waals surface area contributed by atoms with Crippen LogP contribution >= 0.6 is 57.9 Å². The lowest BCUT2D eigenvalue weighted by Crippen LogP contribution is -2.14. The van der Waals surface area contributed by atoms with Gasteiger partial charge >= 0.3 is 0 Å². The van der Waals surface area contributed by atoms with Crippen molar-refractivity contribution >= 4 is 68.9 Å². The standard InChI is InChI=1S/C19H13Cl3N6OS2/c20-12-2-4-13(5-3-12)28-19(25-26-27-28)30-10-17(29)24-18-23-9-14(31-18)7-11-1-6-15(21)16(22)8-11/h1-6,8-9H,7,10H2,(H,23,24,29). The van der Waals surface area contributed by atoms with Crippen LogP contribution in [0.25, 0.3) is 5.69 Å². The third-order valence-electron chi connectivity index (χ3n) is 4.01. The number of hydrogen-bond acceptors (Lipinski definition) is 7. The Bertz CT molecular complexity index is 1210. The van der Waals surface area contributed by atoms with Gasteiger partial charge in [-0.3, -0.25) is 4.79 Å². The zero-order chi connectivity index (χ0) is 21.8. The summed E-state index contributed by atoms with van der Waals surface area (Å²) >= 11 is 20.6. The lowest BCUT2D eigenvalue weighted by molar-refractivity contribution is -0.113. The number of amides is 1. The zero-order valence-corrected chi connectivity index (χ0v) is 19.5. The van der Waals surface area contributed by atoms with Gasteiger partial charge < -0.3 is 5.32 Å². The number of nitrogens with one attached hydrogen (secondary N) is 1. The molecule has 0 aliphatic carbocycles. The van der Waals surface area contributed by atoms with Gasteiger partial charge in [-0.25, -0.2) is 4.98 Å². The van der Waals surface area contributed by atoms with Gasteiger partial charge in [0.2, 0.25) is 11.1 Å². The van der Waals surface area contributed by atoms with Crippen molar-refractivity contribution in [3.8, 4) is 5.69 Å². The van der Waals surface area contributed by atoms with E-state index in [9.17, 15) is 4.79 Å². The van der Waals surface area contributed by atoms with Gasteiger partial charge in [-0.05, 0) is 52.4 Å². The quantitative estimate of drug-likeness (QED) is 0.334. The maximum absolute atomic E-state index is 12.4. The smallest absolute Gasteiger partial charge is 0.236 e. The lowest BCUT2D eigenvalue weighted by atomic mass is 10.1. The maximum Gasteiger partial charge on any atom is 0.236 e. The molecule has 0 spiro atoms. The molecule has 0 fully saturated rings. The highest BCUT2D eigenvalue weighted by atomic mass is 35.5. The van der Waals surface area contributed by atoms with E-state index in [1.54, 1.807) is 41.2 Å². The number of aromatic nitrogens is 5. The summed E-state index contributed by atoms with van der Waals surface area (Å²) in [5.74, 6) is -0.0681. The fourth-order valence-corrected chi connectivity index (χ4v) is 4.60. The number of anilines is 1. The monoisotopic (exact) mass is 510 g/mol. The second kappa shape index (κ2) is 9.97. The molecule has 158 valence electrons. The molecule has 0 unspecified atom stereocenters. The van der Waals surface area contributed by atoms with Gasteiger partial charge in [-0.15, -0.1) is 16.4 Å². The molecule has 31 heavy (non-hydrogen) atoms. The van der Waals surface area contributed by atoms with Gasteiger partial charge in [0.25, 0.3) is 0 Å². The van der Waals surface area contributed by atoms with Crippen molar-refractivity contribution in [3.05, 3.63) is 74.2 Å². The first-order chi connectivity index (χ1) is 15.0. The molecule has 4 rings (SSSR count). The molecule has 2 aromatic carbocycles. The van der Waals surface area contributed by atoms with E-state index in [1.165, 1.54) is 23.1 Å². The summed E-state index contributed by atoms with van der Waals surface area (Å²) in [6.45, 7) is 0. The Morgan fingerprint density at radius 2 is 1.90 bits per heavy atom. The van der Waals surface area contributed by atoms with Crippen LogP contribution in [0.5, 0.6) is 0 Å². The second-order valence-electron chi connectivity index (χ2n) is 6.24. The van der Waals surface area contributed by atoms with Crippen LogP contribution in [0.15, 0.2) is 53.8 Å². The predicted octanol–water partition coefficient (Wildman–Crippen LogP) is 5.40. The number of thioether (sulfide) groups is 1. The highest BCUT2D eigenvalue weighted by molar-refractivity contribution is 7.99. The number of rotatable bonds is 7. The largest absolute Gasteiger partial charge is 0.301 e. The van der Waals surface area contributed by atoms with Crippen molar-refractivity contribution in [1.82, 2.24) is 25.2 Å². The number of halogens is 3. The van der Waals surface area contributed by atoms with E-state index in [0.717, 1.165) is 16.1 Å². The number of nitrogens with zero attached hydrogens (tertiary/aromatic N) is 5. The van der Waals surface area contributed by atoms with E-state index in [2.05, 4.69) is 25.8 Å². The Balaban J connectivity index is 1.33. The van der Waals surface area contributed by atoms with Crippen LogP contribution < -0.4 is 5.32 Å². The molecule has 0 radical (unpaired) electrons. The first-order valence-corrected chi connectivity index (χ1v) is 11.8. The van der Waals surface area contributed by atoms with Crippen molar-refractivity contribution in [2.75, 3.05) is 11.1 Å². The summed E-state index contributed by atoms with van der Waals surface area (Å²) in [5.41, 5.74) is 1.77. The molecule has 0 atom stereocenters. The van der Waals surface area contributed by atoms with Gasteiger partial charge in [0, 0.05) is 22.5 Å². The number of thiazole rings is 1. The van der Waals surface area contributed by atoms with Crippen molar-refractivity contribution in [1.29, 1.82) is 0 Å². The first-order valence-electron chi connectivity index (χ1n) is 8.83. The first kappa shape index (κ1) is 22.0. The van der Waals surface area contributed by atoms with Crippen LogP contribution in [0.2, 0.25) is 15.1 Å². The van der Waals surface area contributed by atoms with Gasteiger partial charge in [0.15, 0.2) is 5.13 Å². The molecule has 2 aromatic heterocycles. The Morgan fingerprint density at radius 1 is 1.10 bits per heavy atom. The number of carbonyl (C=O) groups excluding carboxylic acids is 1. The second-order valence-corrected chi connectivity index (χ2v) is 9.55. The zero-order valence-electron chi connectivity index (χ0n) is 15.6. The van der Waals surface area contributed by atoms with Crippen LogP contribution in [0.4, 0.5) is 5.13 Å². The van der Waals surface area contributed by atoms with Crippen LogP contribution in [0, 0.1) is 0 Å². The Hall–Kier alpha value is -2.17. The highest BCUT2D eigenvalue weighted by Crippen LogP contribution is 2.27. The molecule has 0 aliphatic rings. The number of hydrogen-bond donors (Lipinski definition) is 1. The average Bonchev–Trinajstić information content (AvgIpc) is 3.39. The molecule has 0 saturated heterocycles.